The molecule has 0 heterocycles. The lowest BCUT2D eigenvalue weighted by atomic mass is 10.2. The van der Waals surface area contributed by atoms with Gasteiger partial charge in [-0.25, -0.2) is 0 Å². The Kier molecular flexibility index (Phi) is 4.74. The molecule has 5 nitrogen and oxygen atoms in total. The highest BCUT2D eigenvalue weighted by atomic mass is 79.9. The van der Waals surface area contributed by atoms with Crippen molar-refractivity contribution in [1.82, 2.24) is 0 Å². The Morgan fingerprint density at radius 3 is 2.55 bits per heavy atom. The zero-order valence-electron chi connectivity index (χ0n) is 10.2. The Bertz CT molecular complexity index is 662. The highest BCUT2D eigenvalue weighted by Gasteiger charge is 2.17. The van der Waals surface area contributed by atoms with E-state index in [0.717, 1.165) is 10.0 Å². The Hall–Kier alpha value is -1.44. The van der Waals surface area contributed by atoms with Crippen LogP contribution in [0.2, 0.25) is 0 Å². The maximum atomic E-state index is 10.9. The van der Waals surface area contributed by atoms with E-state index >= 15 is 0 Å². The number of nitrogens with two attached hydrogens (primary N) is 1. The van der Waals surface area contributed by atoms with Gasteiger partial charge < -0.3 is 10.5 Å². The van der Waals surface area contributed by atoms with Crippen LogP contribution in [0.3, 0.4) is 0 Å². The highest BCUT2D eigenvalue weighted by Crippen LogP contribution is 2.38. The Morgan fingerprint density at radius 2 is 1.95 bits per heavy atom. The molecule has 2 N–H and O–H groups in total. The molecule has 0 aromatic heterocycles. The summed E-state index contributed by atoms with van der Waals surface area (Å²) >= 11 is 6.58. The summed E-state index contributed by atoms with van der Waals surface area (Å²) in [6.45, 7) is 0.430. The van der Waals surface area contributed by atoms with E-state index in [1.807, 2.05) is 12.1 Å². The predicted octanol–water partition coefficient (Wildman–Crippen LogP) is 4.37. The third-order valence-corrected chi connectivity index (χ3v) is 4.01. The Morgan fingerprint density at radius 1 is 1.20 bits per heavy atom. The Balaban J connectivity index is 2.35. The Labute approximate surface area is 132 Å². The molecule has 20 heavy (non-hydrogen) atoms. The molecule has 0 atom stereocenters. The highest BCUT2D eigenvalue weighted by molar-refractivity contribution is 9.11. The third kappa shape index (κ3) is 3.17. The van der Waals surface area contributed by atoms with Crippen LogP contribution >= 0.6 is 31.9 Å². The molecular formula is C13H10Br2N2O3. The minimum absolute atomic E-state index is 0.0443. The molecule has 7 heteroatoms. The lowest BCUT2D eigenvalue weighted by Gasteiger charge is -2.10. The van der Waals surface area contributed by atoms with Crippen molar-refractivity contribution in [3.8, 4) is 11.5 Å². The zero-order valence-corrected chi connectivity index (χ0v) is 13.3. The van der Waals surface area contributed by atoms with Crippen molar-refractivity contribution in [3.05, 3.63) is 61.0 Å². The molecule has 0 bridgehead atoms. The van der Waals surface area contributed by atoms with Gasteiger partial charge in [-0.15, -0.1) is 0 Å². The quantitative estimate of drug-likeness (QED) is 0.609. The van der Waals surface area contributed by atoms with Crippen LogP contribution in [0.5, 0.6) is 11.5 Å². The average Bonchev–Trinajstić information content (AvgIpc) is 2.42. The van der Waals surface area contributed by atoms with E-state index in [1.54, 1.807) is 18.2 Å². The number of halogens is 2. The number of ether oxygens (including phenoxy) is 1. The monoisotopic (exact) mass is 400 g/mol. The maximum Gasteiger partial charge on any atom is 0.287 e. The summed E-state index contributed by atoms with van der Waals surface area (Å²) in [6, 6.07) is 10.1. The van der Waals surface area contributed by atoms with E-state index in [4.69, 9.17) is 10.5 Å². The molecule has 0 amide bonds. The third-order valence-electron chi connectivity index (χ3n) is 2.59. The van der Waals surface area contributed by atoms with Gasteiger partial charge in [-0.05, 0) is 55.6 Å². The SMILES string of the molecule is NCc1ccc(Oc2cccc([N+](=O)[O-])c2Br)c(Br)c1. The van der Waals surface area contributed by atoms with Crippen LogP contribution in [0, 0.1) is 10.1 Å². The van der Waals surface area contributed by atoms with Crippen molar-refractivity contribution in [3.63, 3.8) is 0 Å². The second kappa shape index (κ2) is 6.34. The van der Waals surface area contributed by atoms with Crippen LogP contribution < -0.4 is 10.5 Å². The molecule has 0 spiro atoms. The molecule has 0 aliphatic carbocycles. The second-order valence-electron chi connectivity index (χ2n) is 3.92. The van der Waals surface area contributed by atoms with Crippen molar-refractivity contribution in [2.75, 3.05) is 0 Å². The van der Waals surface area contributed by atoms with Gasteiger partial charge in [0.05, 0.1) is 9.40 Å². The minimum Gasteiger partial charge on any atom is -0.455 e. The number of benzene rings is 2. The van der Waals surface area contributed by atoms with Crippen LogP contribution in [0.1, 0.15) is 5.56 Å². The predicted molar refractivity (Wildman–Crippen MR) is 82.9 cm³/mol. The molecule has 0 unspecified atom stereocenters. The van der Waals surface area contributed by atoms with Crippen molar-refractivity contribution >= 4 is 37.5 Å². The first-order chi connectivity index (χ1) is 9.52. The fourth-order valence-electron chi connectivity index (χ4n) is 1.59. The molecule has 0 saturated heterocycles. The lowest BCUT2D eigenvalue weighted by Crippen LogP contribution is -1.97. The second-order valence-corrected chi connectivity index (χ2v) is 5.56. The van der Waals surface area contributed by atoms with Crippen molar-refractivity contribution in [1.29, 1.82) is 0 Å². The normalized spacial score (nSPS) is 10.3. The topological polar surface area (TPSA) is 78.4 Å². The summed E-state index contributed by atoms with van der Waals surface area (Å²) in [5.74, 6) is 0.934. The van der Waals surface area contributed by atoms with E-state index in [1.165, 1.54) is 6.07 Å². The van der Waals surface area contributed by atoms with E-state index < -0.39 is 4.92 Å². The fourth-order valence-corrected chi connectivity index (χ4v) is 2.59. The van der Waals surface area contributed by atoms with E-state index in [0.29, 0.717) is 22.5 Å². The number of nitro groups is 1. The standard InChI is InChI=1S/C13H10Br2N2O3/c14-9-6-8(7-16)4-5-11(9)20-12-3-1-2-10(13(12)15)17(18)19/h1-6H,7,16H2. The van der Waals surface area contributed by atoms with Gasteiger partial charge in [-0.1, -0.05) is 12.1 Å². The zero-order chi connectivity index (χ0) is 14.7. The first-order valence-electron chi connectivity index (χ1n) is 5.62. The van der Waals surface area contributed by atoms with E-state index in [9.17, 15) is 10.1 Å². The molecule has 2 aromatic rings. The van der Waals surface area contributed by atoms with Crippen LogP contribution in [0.4, 0.5) is 5.69 Å². The molecule has 2 aromatic carbocycles. The van der Waals surface area contributed by atoms with Gasteiger partial charge in [0, 0.05) is 12.6 Å². The molecule has 0 aliphatic rings. The number of rotatable bonds is 4. The van der Waals surface area contributed by atoms with Gasteiger partial charge in [0.1, 0.15) is 16.0 Å². The lowest BCUT2D eigenvalue weighted by molar-refractivity contribution is -0.385. The maximum absolute atomic E-state index is 10.9. The van der Waals surface area contributed by atoms with Crippen molar-refractivity contribution in [2.45, 2.75) is 6.54 Å². The molecule has 0 saturated carbocycles. The number of nitro benzene ring substituents is 1. The number of hydrogen-bond acceptors (Lipinski definition) is 4. The smallest absolute Gasteiger partial charge is 0.287 e. The van der Waals surface area contributed by atoms with Gasteiger partial charge in [-0.2, -0.15) is 0 Å². The minimum atomic E-state index is -0.469. The fraction of sp³-hybridized carbons (Fsp3) is 0.0769. The van der Waals surface area contributed by atoms with Gasteiger partial charge in [0.2, 0.25) is 0 Å². The van der Waals surface area contributed by atoms with Crippen molar-refractivity contribution in [2.24, 2.45) is 5.73 Å². The van der Waals surface area contributed by atoms with Gasteiger partial charge in [0.15, 0.2) is 0 Å². The molecule has 2 rings (SSSR count). The summed E-state index contributed by atoms with van der Waals surface area (Å²) in [6.07, 6.45) is 0. The van der Waals surface area contributed by atoms with Gasteiger partial charge in [0.25, 0.3) is 5.69 Å². The van der Waals surface area contributed by atoms with Crippen LogP contribution in [0.15, 0.2) is 45.3 Å². The molecular weight excluding hydrogens is 392 g/mol. The number of hydrogen-bond donors (Lipinski definition) is 1. The average molecular weight is 402 g/mol. The molecule has 104 valence electrons. The largest absolute Gasteiger partial charge is 0.455 e. The summed E-state index contributed by atoms with van der Waals surface area (Å²) < 4.78 is 6.73. The first kappa shape index (κ1) is 15.0. The van der Waals surface area contributed by atoms with Crippen LogP contribution in [-0.4, -0.2) is 4.92 Å². The van der Waals surface area contributed by atoms with Crippen molar-refractivity contribution < 1.29 is 9.66 Å². The molecule has 0 radical (unpaired) electrons. The summed E-state index contributed by atoms with van der Waals surface area (Å²) in [5, 5.41) is 10.9. The summed E-state index contributed by atoms with van der Waals surface area (Å²) in [5.41, 5.74) is 6.47. The summed E-state index contributed by atoms with van der Waals surface area (Å²) in [7, 11) is 0. The summed E-state index contributed by atoms with van der Waals surface area (Å²) in [4.78, 5) is 10.4. The van der Waals surface area contributed by atoms with E-state index in [-0.39, 0.29) is 5.69 Å². The van der Waals surface area contributed by atoms with E-state index in [2.05, 4.69) is 31.9 Å². The van der Waals surface area contributed by atoms with Gasteiger partial charge in [-0.3, -0.25) is 10.1 Å². The van der Waals surface area contributed by atoms with Crippen LogP contribution in [0.25, 0.3) is 0 Å². The molecule has 0 fully saturated rings. The van der Waals surface area contributed by atoms with Crippen LogP contribution in [-0.2, 0) is 6.54 Å². The molecule has 0 aliphatic heterocycles. The van der Waals surface area contributed by atoms with Gasteiger partial charge >= 0.3 is 0 Å². The first-order valence-corrected chi connectivity index (χ1v) is 7.20. The number of nitrogens with zero attached hydrogens (tertiary/aromatic N) is 1.